The molecule has 22 heavy (non-hydrogen) atoms. The summed E-state index contributed by atoms with van der Waals surface area (Å²) in [5.41, 5.74) is 0. The zero-order valence-corrected chi connectivity index (χ0v) is 15.9. The van der Waals surface area contributed by atoms with Crippen molar-refractivity contribution < 1.29 is 0 Å². The molecule has 2 saturated carbocycles. The SMILES string of the molecule is CCC(C)C1CCC(C(C)CC(CC)C2CCCCC2)CC1. The van der Waals surface area contributed by atoms with Crippen LogP contribution in [0.15, 0.2) is 0 Å². The summed E-state index contributed by atoms with van der Waals surface area (Å²) >= 11 is 0. The van der Waals surface area contributed by atoms with Gasteiger partial charge < -0.3 is 0 Å². The van der Waals surface area contributed by atoms with E-state index in [0.29, 0.717) is 0 Å². The summed E-state index contributed by atoms with van der Waals surface area (Å²) in [5.74, 6) is 6.11. The van der Waals surface area contributed by atoms with Crippen molar-refractivity contribution in [2.45, 2.75) is 105 Å². The summed E-state index contributed by atoms with van der Waals surface area (Å²) in [4.78, 5) is 0. The topological polar surface area (TPSA) is 0 Å². The molecule has 0 nitrogen and oxygen atoms in total. The molecular formula is C22H42. The molecule has 3 unspecified atom stereocenters. The van der Waals surface area contributed by atoms with Crippen LogP contribution in [-0.4, -0.2) is 0 Å². The molecule has 2 aliphatic carbocycles. The van der Waals surface area contributed by atoms with E-state index < -0.39 is 0 Å². The fourth-order valence-electron chi connectivity index (χ4n) is 5.58. The molecule has 0 aromatic rings. The lowest BCUT2D eigenvalue weighted by atomic mass is 9.68. The van der Waals surface area contributed by atoms with E-state index in [0.717, 1.165) is 35.5 Å². The van der Waals surface area contributed by atoms with Crippen LogP contribution in [0.1, 0.15) is 105 Å². The van der Waals surface area contributed by atoms with E-state index in [1.165, 1.54) is 77.0 Å². The van der Waals surface area contributed by atoms with E-state index in [-0.39, 0.29) is 0 Å². The number of rotatable bonds is 7. The van der Waals surface area contributed by atoms with E-state index in [1.54, 1.807) is 0 Å². The highest BCUT2D eigenvalue weighted by molar-refractivity contribution is 4.81. The van der Waals surface area contributed by atoms with Crippen molar-refractivity contribution in [3.63, 3.8) is 0 Å². The third-order valence-corrected chi connectivity index (χ3v) is 7.59. The zero-order chi connectivity index (χ0) is 15.9. The van der Waals surface area contributed by atoms with Crippen LogP contribution in [-0.2, 0) is 0 Å². The van der Waals surface area contributed by atoms with Gasteiger partial charge in [0.2, 0.25) is 0 Å². The average Bonchev–Trinajstić information content (AvgIpc) is 2.59. The predicted molar refractivity (Wildman–Crippen MR) is 99.0 cm³/mol. The normalized spacial score (nSPS) is 31.6. The van der Waals surface area contributed by atoms with Crippen molar-refractivity contribution in [3.8, 4) is 0 Å². The molecule has 0 heteroatoms. The van der Waals surface area contributed by atoms with Gasteiger partial charge in [0.25, 0.3) is 0 Å². The van der Waals surface area contributed by atoms with Crippen LogP contribution in [0.2, 0.25) is 0 Å². The Morgan fingerprint density at radius 1 is 0.636 bits per heavy atom. The number of hydrogen-bond donors (Lipinski definition) is 0. The second-order valence-corrected chi connectivity index (χ2v) is 8.84. The van der Waals surface area contributed by atoms with Gasteiger partial charge in [0.15, 0.2) is 0 Å². The van der Waals surface area contributed by atoms with Crippen molar-refractivity contribution >= 4 is 0 Å². The molecule has 0 heterocycles. The van der Waals surface area contributed by atoms with Crippen LogP contribution in [0.4, 0.5) is 0 Å². The van der Waals surface area contributed by atoms with E-state index in [2.05, 4.69) is 27.7 Å². The number of hydrogen-bond acceptors (Lipinski definition) is 0. The Kier molecular flexibility index (Phi) is 7.78. The van der Waals surface area contributed by atoms with Crippen LogP contribution in [0, 0.1) is 35.5 Å². The standard InChI is InChI=1S/C22H42/c1-5-17(3)20-12-14-21(15-13-20)18(4)16-19(6-2)22-10-8-7-9-11-22/h17-22H,5-16H2,1-4H3. The van der Waals surface area contributed by atoms with Gasteiger partial charge in [-0.1, -0.05) is 72.6 Å². The van der Waals surface area contributed by atoms with Gasteiger partial charge in [-0.05, 0) is 67.6 Å². The maximum atomic E-state index is 2.58. The maximum Gasteiger partial charge on any atom is -0.0386 e. The largest absolute Gasteiger partial charge is 0.0651 e. The average molecular weight is 307 g/mol. The Labute approximate surface area is 140 Å². The van der Waals surface area contributed by atoms with E-state index in [1.807, 2.05) is 0 Å². The fraction of sp³-hybridized carbons (Fsp3) is 1.00. The van der Waals surface area contributed by atoms with E-state index in [9.17, 15) is 0 Å². The minimum Gasteiger partial charge on any atom is -0.0651 e. The first-order valence-corrected chi connectivity index (χ1v) is 10.7. The maximum absolute atomic E-state index is 2.58. The van der Waals surface area contributed by atoms with Crippen molar-refractivity contribution in [1.29, 1.82) is 0 Å². The van der Waals surface area contributed by atoms with Gasteiger partial charge in [-0.3, -0.25) is 0 Å². The Bertz CT molecular complexity index is 280. The minimum atomic E-state index is 0.960. The first kappa shape index (κ1) is 18.3. The van der Waals surface area contributed by atoms with Gasteiger partial charge in [0, 0.05) is 0 Å². The van der Waals surface area contributed by atoms with Gasteiger partial charge in [-0.25, -0.2) is 0 Å². The lowest BCUT2D eigenvalue weighted by Crippen LogP contribution is -2.26. The van der Waals surface area contributed by atoms with E-state index >= 15 is 0 Å². The van der Waals surface area contributed by atoms with Crippen LogP contribution in [0.3, 0.4) is 0 Å². The lowest BCUT2D eigenvalue weighted by molar-refractivity contribution is 0.135. The molecule has 2 aliphatic rings. The van der Waals surface area contributed by atoms with Gasteiger partial charge in [-0.15, -0.1) is 0 Å². The summed E-state index contributed by atoms with van der Waals surface area (Å²) in [5, 5.41) is 0. The van der Waals surface area contributed by atoms with Gasteiger partial charge >= 0.3 is 0 Å². The molecule has 0 aromatic heterocycles. The Hall–Kier alpha value is 0. The Balaban J connectivity index is 1.77. The highest BCUT2D eigenvalue weighted by Crippen LogP contribution is 2.42. The molecule has 0 radical (unpaired) electrons. The molecule has 0 bridgehead atoms. The third kappa shape index (κ3) is 5.00. The summed E-state index contributed by atoms with van der Waals surface area (Å²) in [6.07, 6.45) is 18.0. The van der Waals surface area contributed by atoms with Crippen molar-refractivity contribution in [2.75, 3.05) is 0 Å². The fourth-order valence-corrected chi connectivity index (χ4v) is 5.58. The highest BCUT2D eigenvalue weighted by Gasteiger charge is 2.30. The quantitative estimate of drug-likeness (QED) is 0.457. The van der Waals surface area contributed by atoms with Crippen molar-refractivity contribution in [3.05, 3.63) is 0 Å². The molecule has 130 valence electrons. The van der Waals surface area contributed by atoms with Crippen LogP contribution in [0.25, 0.3) is 0 Å². The van der Waals surface area contributed by atoms with Gasteiger partial charge in [-0.2, -0.15) is 0 Å². The van der Waals surface area contributed by atoms with Gasteiger partial charge in [0.1, 0.15) is 0 Å². The molecule has 0 N–H and O–H groups in total. The van der Waals surface area contributed by atoms with Crippen LogP contribution >= 0.6 is 0 Å². The second-order valence-electron chi connectivity index (χ2n) is 8.84. The monoisotopic (exact) mass is 306 g/mol. The lowest BCUT2D eigenvalue weighted by Gasteiger charge is -2.38. The Morgan fingerprint density at radius 3 is 1.68 bits per heavy atom. The van der Waals surface area contributed by atoms with Crippen LogP contribution < -0.4 is 0 Å². The second kappa shape index (κ2) is 9.33. The molecule has 0 aliphatic heterocycles. The van der Waals surface area contributed by atoms with Crippen molar-refractivity contribution in [1.82, 2.24) is 0 Å². The summed E-state index contributed by atoms with van der Waals surface area (Å²) in [6, 6.07) is 0. The molecule has 0 saturated heterocycles. The van der Waals surface area contributed by atoms with Gasteiger partial charge in [0.05, 0.1) is 0 Å². The molecule has 2 rings (SSSR count). The smallest absolute Gasteiger partial charge is 0.0386 e. The summed E-state index contributed by atoms with van der Waals surface area (Å²) in [6.45, 7) is 9.88. The molecular weight excluding hydrogens is 264 g/mol. The minimum absolute atomic E-state index is 0.960. The predicted octanol–water partition coefficient (Wildman–Crippen LogP) is 7.47. The molecule has 0 amide bonds. The molecule has 0 spiro atoms. The highest BCUT2D eigenvalue weighted by atomic mass is 14.4. The molecule has 3 atom stereocenters. The molecule has 2 fully saturated rings. The first-order chi connectivity index (χ1) is 10.7. The van der Waals surface area contributed by atoms with Crippen LogP contribution in [0.5, 0.6) is 0 Å². The first-order valence-electron chi connectivity index (χ1n) is 10.7. The van der Waals surface area contributed by atoms with E-state index in [4.69, 9.17) is 0 Å². The van der Waals surface area contributed by atoms with Crippen molar-refractivity contribution in [2.24, 2.45) is 35.5 Å². The summed E-state index contributed by atoms with van der Waals surface area (Å²) < 4.78 is 0. The summed E-state index contributed by atoms with van der Waals surface area (Å²) in [7, 11) is 0. The third-order valence-electron chi connectivity index (χ3n) is 7.59. The Morgan fingerprint density at radius 2 is 1.18 bits per heavy atom. The zero-order valence-electron chi connectivity index (χ0n) is 15.9. The molecule has 0 aromatic carbocycles.